The molecular weight excluding hydrogens is 322 g/mol. The molecular formula is C19H13NO5. The minimum absolute atomic E-state index is 0.226. The summed E-state index contributed by atoms with van der Waals surface area (Å²) in [6.07, 6.45) is 0.221. The highest BCUT2D eigenvalue weighted by atomic mass is 16.7. The second kappa shape index (κ2) is 5.37. The number of oxime groups is 1. The van der Waals surface area contributed by atoms with Crippen molar-refractivity contribution in [1.82, 2.24) is 0 Å². The van der Waals surface area contributed by atoms with E-state index in [0.29, 0.717) is 29.0 Å². The van der Waals surface area contributed by atoms with Crippen LogP contribution in [0.25, 0.3) is 11.0 Å². The Kier molecular flexibility index (Phi) is 3.03. The number of hydrogen-bond donors (Lipinski definition) is 0. The highest BCUT2D eigenvalue weighted by Crippen LogP contribution is 2.37. The summed E-state index contributed by atoms with van der Waals surface area (Å²) < 4.78 is 16.1. The maximum absolute atomic E-state index is 12.3. The van der Waals surface area contributed by atoms with Gasteiger partial charge in [0.2, 0.25) is 6.79 Å². The zero-order valence-corrected chi connectivity index (χ0v) is 13.1. The molecule has 124 valence electrons. The molecule has 6 heteroatoms. The lowest BCUT2D eigenvalue weighted by molar-refractivity contribution is 0.0855. The fourth-order valence-corrected chi connectivity index (χ4v) is 3.09. The van der Waals surface area contributed by atoms with Crippen molar-refractivity contribution >= 4 is 16.7 Å². The van der Waals surface area contributed by atoms with E-state index in [2.05, 4.69) is 5.16 Å². The molecule has 0 saturated carbocycles. The second-order valence-corrected chi connectivity index (χ2v) is 5.93. The summed E-state index contributed by atoms with van der Waals surface area (Å²) in [5.41, 5.74) is 2.09. The lowest BCUT2D eigenvalue weighted by atomic mass is 10.0. The van der Waals surface area contributed by atoms with Crippen LogP contribution in [-0.2, 0) is 4.84 Å². The van der Waals surface area contributed by atoms with Crippen molar-refractivity contribution in [3.63, 3.8) is 0 Å². The quantitative estimate of drug-likeness (QED) is 0.671. The molecule has 1 unspecified atom stereocenters. The number of benzene rings is 2. The predicted octanol–water partition coefficient (Wildman–Crippen LogP) is 3.39. The van der Waals surface area contributed by atoms with E-state index < -0.39 is 5.63 Å². The first-order chi connectivity index (χ1) is 12.3. The molecule has 6 nitrogen and oxygen atoms in total. The van der Waals surface area contributed by atoms with Crippen LogP contribution in [0.5, 0.6) is 11.5 Å². The average Bonchev–Trinajstić information content (AvgIpc) is 3.29. The molecule has 5 rings (SSSR count). The number of fused-ring (bicyclic) bond motifs is 2. The highest BCUT2D eigenvalue weighted by molar-refractivity contribution is 6.02. The van der Waals surface area contributed by atoms with Gasteiger partial charge in [0.25, 0.3) is 0 Å². The Morgan fingerprint density at radius 3 is 2.84 bits per heavy atom. The monoisotopic (exact) mass is 335 g/mol. The summed E-state index contributed by atoms with van der Waals surface area (Å²) in [5, 5.41) is 4.96. The molecule has 0 amide bonds. The SMILES string of the molecule is O=c1oc2ccccc2cc1C1=NOC(c2ccc3c(c2)OCO3)C1. The molecule has 0 N–H and O–H groups in total. The number of nitrogens with zero attached hydrogens (tertiary/aromatic N) is 1. The van der Waals surface area contributed by atoms with Crippen LogP contribution >= 0.6 is 0 Å². The van der Waals surface area contributed by atoms with E-state index in [4.69, 9.17) is 18.7 Å². The van der Waals surface area contributed by atoms with E-state index >= 15 is 0 Å². The van der Waals surface area contributed by atoms with Gasteiger partial charge in [0.1, 0.15) is 5.58 Å². The summed E-state index contributed by atoms with van der Waals surface area (Å²) in [5.74, 6) is 1.41. The summed E-state index contributed by atoms with van der Waals surface area (Å²) in [6.45, 7) is 0.226. The molecule has 1 aromatic heterocycles. The van der Waals surface area contributed by atoms with Crippen molar-refractivity contribution in [1.29, 1.82) is 0 Å². The Labute approximate surface area is 142 Å². The van der Waals surface area contributed by atoms with Crippen molar-refractivity contribution in [3.05, 3.63) is 70.1 Å². The molecule has 0 bridgehead atoms. The topological polar surface area (TPSA) is 70.3 Å². The van der Waals surface area contributed by atoms with Crippen LogP contribution in [0, 0.1) is 0 Å². The van der Waals surface area contributed by atoms with Crippen LogP contribution in [0.15, 0.2) is 62.9 Å². The molecule has 0 spiro atoms. The molecule has 2 aliphatic rings. The van der Waals surface area contributed by atoms with Gasteiger partial charge in [0.05, 0.1) is 11.3 Å². The van der Waals surface area contributed by atoms with Crippen molar-refractivity contribution in [2.45, 2.75) is 12.5 Å². The van der Waals surface area contributed by atoms with Crippen molar-refractivity contribution < 1.29 is 18.7 Å². The predicted molar refractivity (Wildman–Crippen MR) is 90.0 cm³/mol. The van der Waals surface area contributed by atoms with E-state index in [1.807, 2.05) is 36.4 Å². The Hall–Kier alpha value is -3.28. The molecule has 0 aliphatic carbocycles. The molecule has 2 aromatic carbocycles. The van der Waals surface area contributed by atoms with Gasteiger partial charge in [0, 0.05) is 11.8 Å². The van der Waals surface area contributed by atoms with Crippen molar-refractivity contribution in [2.24, 2.45) is 5.16 Å². The molecule has 1 atom stereocenters. The van der Waals surface area contributed by atoms with Gasteiger partial charge in [-0.1, -0.05) is 29.4 Å². The third-order valence-electron chi connectivity index (χ3n) is 4.39. The van der Waals surface area contributed by atoms with Gasteiger partial charge in [-0.2, -0.15) is 0 Å². The van der Waals surface area contributed by atoms with Gasteiger partial charge < -0.3 is 18.7 Å². The van der Waals surface area contributed by atoms with Crippen molar-refractivity contribution in [2.75, 3.05) is 6.79 Å². The fraction of sp³-hybridized carbons (Fsp3) is 0.158. The fourth-order valence-electron chi connectivity index (χ4n) is 3.09. The van der Waals surface area contributed by atoms with E-state index in [1.165, 1.54) is 0 Å². The van der Waals surface area contributed by atoms with Gasteiger partial charge in [-0.25, -0.2) is 4.79 Å². The van der Waals surface area contributed by atoms with Gasteiger partial charge in [0.15, 0.2) is 17.6 Å². The number of para-hydroxylation sites is 1. The molecule has 0 saturated heterocycles. The van der Waals surface area contributed by atoms with Gasteiger partial charge >= 0.3 is 5.63 Å². The zero-order chi connectivity index (χ0) is 16.8. The minimum Gasteiger partial charge on any atom is -0.454 e. The first-order valence-electron chi connectivity index (χ1n) is 7.93. The Bertz CT molecular complexity index is 1070. The summed E-state index contributed by atoms with van der Waals surface area (Å²) in [7, 11) is 0. The number of hydrogen-bond acceptors (Lipinski definition) is 6. The average molecular weight is 335 g/mol. The molecule has 3 aromatic rings. The van der Waals surface area contributed by atoms with Crippen LogP contribution < -0.4 is 15.1 Å². The van der Waals surface area contributed by atoms with Crippen LogP contribution in [0.4, 0.5) is 0 Å². The summed E-state index contributed by atoms with van der Waals surface area (Å²) in [6, 6.07) is 14.8. The first kappa shape index (κ1) is 14.1. The first-order valence-corrected chi connectivity index (χ1v) is 7.93. The van der Waals surface area contributed by atoms with Gasteiger partial charge in [-0.15, -0.1) is 0 Å². The Balaban J connectivity index is 1.45. The van der Waals surface area contributed by atoms with E-state index in [0.717, 1.165) is 16.7 Å². The molecule has 0 radical (unpaired) electrons. The summed E-state index contributed by atoms with van der Waals surface area (Å²) >= 11 is 0. The van der Waals surface area contributed by atoms with Crippen molar-refractivity contribution in [3.8, 4) is 11.5 Å². The summed E-state index contributed by atoms with van der Waals surface area (Å²) in [4.78, 5) is 17.8. The lowest BCUT2D eigenvalue weighted by Gasteiger charge is -2.09. The largest absolute Gasteiger partial charge is 0.454 e. The van der Waals surface area contributed by atoms with Crippen LogP contribution in [0.2, 0.25) is 0 Å². The lowest BCUT2D eigenvalue weighted by Crippen LogP contribution is -2.13. The molecule has 0 fully saturated rings. The standard InChI is InChI=1S/C19H13NO5/c21-19-13(7-11-3-1-2-4-15(11)24-19)14-9-17(25-20-14)12-5-6-16-18(8-12)23-10-22-16/h1-8,17H,9-10H2. The maximum Gasteiger partial charge on any atom is 0.345 e. The molecule has 3 heterocycles. The van der Waals surface area contributed by atoms with Crippen LogP contribution in [0.1, 0.15) is 23.7 Å². The normalized spacial score (nSPS) is 18.2. The minimum atomic E-state index is -0.410. The van der Waals surface area contributed by atoms with E-state index in [1.54, 1.807) is 12.1 Å². The number of ether oxygens (including phenoxy) is 2. The second-order valence-electron chi connectivity index (χ2n) is 5.93. The smallest absolute Gasteiger partial charge is 0.345 e. The number of rotatable bonds is 2. The maximum atomic E-state index is 12.3. The third kappa shape index (κ3) is 2.34. The zero-order valence-electron chi connectivity index (χ0n) is 13.1. The Morgan fingerprint density at radius 2 is 1.88 bits per heavy atom. The van der Waals surface area contributed by atoms with E-state index in [9.17, 15) is 4.79 Å². The highest BCUT2D eigenvalue weighted by Gasteiger charge is 2.27. The van der Waals surface area contributed by atoms with Crippen LogP contribution in [-0.4, -0.2) is 12.5 Å². The van der Waals surface area contributed by atoms with E-state index in [-0.39, 0.29) is 12.9 Å². The molecule has 25 heavy (non-hydrogen) atoms. The molecule has 2 aliphatic heterocycles. The van der Waals surface area contributed by atoms with Gasteiger partial charge in [-0.05, 0) is 29.8 Å². The Morgan fingerprint density at radius 1 is 1.00 bits per heavy atom. The third-order valence-corrected chi connectivity index (χ3v) is 4.39. The van der Waals surface area contributed by atoms with Gasteiger partial charge in [-0.3, -0.25) is 0 Å². The van der Waals surface area contributed by atoms with Crippen LogP contribution in [0.3, 0.4) is 0 Å².